The van der Waals surface area contributed by atoms with Crippen molar-refractivity contribution in [2.24, 2.45) is 5.92 Å². The van der Waals surface area contributed by atoms with Crippen molar-refractivity contribution in [3.8, 4) is 0 Å². The molecule has 0 N–H and O–H groups in total. The molecular formula is C15H24O2S. The maximum atomic E-state index is 11.4. The molecule has 2 rings (SSSR count). The average Bonchev–Trinajstić information content (AvgIpc) is 3.13. The first-order chi connectivity index (χ1) is 8.47. The molecule has 0 atom stereocenters. The second-order valence-electron chi connectivity index (χ2n) is 4.84. The van der Waals surface area contributed by atoms with Gasteiger partial charge in [-0.15, -0.1) is 0 Å². The van der Waals surface area contributed by atoms with Gasteiger partial charge >= 0.3 is 0 Å². The molecule has 1 aliphatic carbocycles. The number of aryl methyl sites for hydroxylation is 2. The van der Waals surface area contributed by atoms with Crippen LogP contribution in [0.4, 0.5) is 0 Å². The zero-order chi connectivity index (χ0) is 13.8. The standard InChI is InChI=1S/C13H18O2S.C2H6/c1-10-9-13(16(2,14)15)8-7-12(10)6-5-11-3-4-11;1-2/h7-9,11H,3-6H2,1-2H3;1-2H3. The van der Waals surface area contributed by atoms with Crippen LogP contribution >= 0.6 is 0 Å². The summed E-state index contributed by atoms with van der Waals surface area (Å²) in [7, 11) is -3.06. The second kappa shape index (κ2) is 6.37. The number of benzene rings is 1. The highest BCUT2D eigenvalue weighted by Gasteiger charge is 2.20. The summed E-state index contributed by atoms with van der Waals surface area (Å²) in [5, 5.41) is 0. The number of sulfone groups is 1. The summed E-state index contributed by atoms with van der Waals surface area (Å²) in [4.78, 5) is 0.431. The van der Waals surface area contributed by atoms with Crippen LogP contribution in [0, 0.1) is 12.8 Å². The third-order valence-electron chi connectivity index (χ3n) is 3.26. The van der Waals surface area contributed by atoms with E-state index in [4.69, 9.17) is 0 Å². The van der Waals surface area contributed by atoms with Crippen molar-refractivity contribution >= 4 is 9.84 Å². The summed E-state index contributed by atoms with van der Waals surface area (Å²) in [6.07, 6.45) is 6.34. The molecule has 1 fully saturated rings. The lowest BCUT2D eigenvalue weighted by Crippen LogP contribution is -1.99. The molecule has 0 bridgehead atoms. The van der Waals surface area contributed by atoms with Gasteiger partial charge in [-0.05, 0) is 48.9 Å². The Hall–Kier alpha value is -0.830. The Kier molecular flexibility index (Phi) is 5.39. The highest BCUT2D eigenvalue weighted by atomic mass is 32.2. The number of rotatable bonds is 4. The van der Waals surface area contributed by atoms with E-state index in [1.807, 2.05) is 26.8 Å². The van der Waals surface area contributed by atoms with E-state index < -0.39 is 9.84 Å². The number of hydrogen-bond acceptors (Lipinski definition) is 2. The Labute approximate surface area is 111 Å². The van der Waals surface area contributed by atoms with Crippen LogP contribution in [0.3, 0.4) is 0 Å². The molecule has 0 saturated heterocycles. The van der Waals surface area contributed by atoms with Crippen molar-refractivity contribution in [3.05, 3.63) is 29.3 Å². The van der Waals surface area contributed by atoms with E-state index in [0.717, 1.165) is 17.9 Å². The van der Waals surface area contributed by atoms with E-state index in [9.17, 15) is 8.42 Å². The maximum absolute atomic E-state index is 11.4. The average molecular weight is 268 g/mol. The van der Waals surface area contributed by atoms with Gasteiger partial charge in [-0.3, -0.25) is 0 Å². The lowest BCUT2D eigenvalue weighted by Gasteiger charge is -2.07. The molecule has 1 saturated carbocycles. The zero-order valence-corrected chi connectivity index (χ0v) is 12.7. The minimum atomic E-state index is -3.06. The van der Waals surface area contributed by atoms with Crippen LogP contribution < -0.4 is 0 Å². The van der Waals surface area contributed by atoms with E-state index in [2.05, 4.69) is 0 Å². The molecule has 102 valence electrons. The molecule has 3 heteroatoms. The summed E-state index contributed by atoms with van der Waals surface area (Å²) in [6, 6.07) is 5.48. The van der Waals surface area contributed by atoms with E-state index in [-0.39, 0.29) is 0 Å². The molecule has 0 aliphatic heterocycles. The molecule has 0 spiro atoms. The number of hydrogen-bond donors (Lipinski definition) is 0. The first-order valence-electron chi connectivity index (χ1n) is 6.76. The molecule has 2 nitrogen and oxygen atoms in total. The summed E-state index contributed by atoms with van der Waals surface area (Å²) in [6.45, 7) is 6.00. The Balaban J connectivity index is 0.000000771. The van der Waals surface area contributed by atoms with E-state index in [0.29, 0.717) is 4.90 Å². The Morgan fingerprint density at radius 3 is 2.28 bits per heavy atom. The topological polar surface area (TPSA) is 34.1 Å². The van der Waals surface area contributed by atoms with E-state index in [1.54, 1.807) is 12.1 Å². The SMILES string of the molecule is CC.Cc1cc(S(C)(=O)=O)ccc1CCC1CC1. The zero-order valence-electron chi connectivity index (χ0n) is 11.9. The lowest BCUT2D eigenvalue weighted by atomic mass is 10.0. The normalized spacial score (nSPS) is 14.9. The molecule has 0 radical (unpaired) electrons. The third kappa shape index (κ3) is 4.45. The van der Waals surface area contributed by atoms with Crippen molar-refractivity contribution in [1.82, 2.24) is 0 Å². The molecule has 1 aromatic rings. The fourth-order valence-corrected chi connectivity index (χ4v) is 2.65. The van der Waals surface area contributed by atoms with Crippen molar-refractivity contribution in [1.29, 1.82) is 0 Å². The van der Waals surface area contributed by atoms with Gasteiger partial charge in [-0.25, -0.2) is 8.42 Å². The Morgan fingerprint density at radius 2 is 1.83 bits per heavy atom. The van der Waals surface area contributed by atoms with Crippen LogP contribution in [0.2, 0.25) is 0 Å². The lowest BCUT2D eigenvalue weighted by molar-refractivity contribution is 0.601. The first kappa shape index (κ1) is 15.2. The fraction of sp³-hybridized carbons (Fsp3) is 0.600. The van der Waals surface area contributed by atoms with Crippen LogP contribution in [0.25, 0.3) is 0 Å². The van der Waals surface area contributed by atoms with Crippen LogP contribution in [0.1, 0.15) is 44.2 Å². The van der Waals surface area contributed by atoms with Gasteiger partial charge in [0.1, 0.15) is 0 Å². The smallest absolute Gasteiger partial charge is 0.175 e. The van der Waals surface area contributed by atoms with Crippen LogP contribution in [-0.4, -0.2) is 14.7 Å². The van der Waals surface area contributed by atoms with Gasteiger partial charge in [0, 0.05) is 6.26 Å². The van der Waals surface area contributed by atoms with Gasteiger partial charge in [-0.1, -0.05) is 32.8 Å². The molecule has 1 aromatic carbocycles. The Morgan fingerprint density at radius 1 is 1.22 bits per heavy atom. The van der Waals surface area contributed by atoms with Crippen LogP contribution in [0.5, 0.6) is 0 Å². The first-order valence-corrected chi connectivity index (χ1v) is 8.65. The highest BCUT2D eigenvalue weighted by molar-refractivity contribution is 7.90. The van der Waals surface area contributed by atoms with Gasteiger partial charge in [0.25, 0.3) is 0 Å². The van der Waals surface area contributed by atoms with Gasteiger partial charge in [-0.2, -0.15) is 0 Å². The van der Waals surface area contributed by atoms with Crippen LogP contribution in [0.15, 0.2) is 23.1 Å². The van der Waals surface area contributed by atoms with Gasteiger partial charge in [0.05, 0.1) is 4.90 Å². The molecular weight excluding hydrogens is 244 g/mol. The maximum Gasteiger partial charge on any atom is 0.175 e. The van der Waals surface area contributed by atoms with Gasteiger partial charge in [0.15, 0.2) is 9.84 Å². The molecule has 1 aliphatic rings. The van der Waals surface area contributed by atoms with Crippen molar-refractivity contribution in [3.63, 3.8) is 0 Å². The molecule has 0 unspecified atom stereocenters. The van der Waals surface area contributed by atoms with E-state index in [1.165, 1.54) is 31.1 Å². The fourth-order valence-electron chi connectivity index (χ4n) is 1.95. The highest BCUT2D eigenvalue weighted by Crippen LogP contribution is 2.33. The van der Waals surface area contributed by atoms with Crippen molar-refractivity contribution < 1.29 is 8.42 Å². The largest absolute Gasteiger partial charge is 0.224 e. The molecule has 0 amide bonds. The molecule has 0 heterocycles. The van der Waals surface area contributed by atoms with Crippen molar-refractivity contribution in [2.75, 3.05) is 6.26 Å². The minimum Gasteiger partial charge on any atom is -0.224 e. The quantitative estimate of drug-likeness (QED) is 0.833. The summed E-state index contributed by atoms with van der Waals surface area (Å²) in [5.74, 6) is 0.925. The monoisotopic (exact) mass is 268 g/mol. The van der Waals surface area contributed by atoms with Crippen molar-refractivity contribution in [2.45, 2.75) is 51.3 Å². The summed E-state index contributed by atoms with van der Waals surface area (Å²) >= 11 is 0. The van der Waals surface area contributed by atoms with Gasteiger partial charge < -0.3 is 0 Å². The summed E-state index contributed by atoms with van der Waals surface area (Å²) in [5.41, 5.74) is 2.39. The molecule has 18 heavy (non-hydrogen) atoms. The Bertz CT molecular complexity index is 485. The predicted octanol–water partition coefficient (Wildman–Crippen LogP) is 3.77. The predicted molar refractivity (Wildman–Crippen MR) is 76.7 cm³/mol. The van der Waals surface area contributed by atoms with Crippen LogP contribution in [-0.2, 0) is 16.3 Å². The summed E-state index contributed by atoms with van der Waals surface area (Å²) < 4.78 is 22.7. The van der Waals surface area contributed by atoms with Gasteiger partial charge in [0.2, 0.25) is 0 Å². The molecule has 0 aromatic heterocycles. The second-order valence-corrected chi connectivity index (χ2v) is 6.86. The minimum absolute atomic E-state index is 0.431. The van der Waals surface area contributed by atoms with E-state index >= 15 is 0 Å². The third-order valence-corrected chi connectivity index (χ3v) is 4.37.